The Kier molecular flexibility index (Phi) is 8.96. The van der Waals surface area contributed by atoms with E-state index in [0.29, 0.717) is 5.16 Å². The topological polar surface area (TPSA) is 0 Å². The molecule has 0 saturated carbocycles. The average Bonchev–Trinajstić information content (AvgIpc) is 2.14. The quantitative estimate of drug-likeness (QED) is 0.395. The molecular formula is C16H36BPSi. The zero-order valence-electron chi connectivity index (χ0n) is 14.2. The molecule has 19 heavy (non-hydrogen) atoms. The molecule has 0 aliphatic carbocycles. The van der Waals surface area contributed by atoms with Crippen molar-refractivity contribution in [3.05, 3.63) is 0 Å². The van der Waals surface area contributed by atoms with Gasteiger partial charge in [0.1, 0.15) is 8.07 Å². The highest BCUT2D eigenvalue weighted by Gasteiger charge is 2.41. The van der Waals surface area contributed by atoms with Crippen LogP contribution >= 0.6 is 7.92 Å². The molecule has 0 aromatic rings. The molecule has 0 N–H and O–H groups in total. The molecule has 0 nitrogen and oxygen atoms in total. The van der Waals surface area contributed by atoms with Crippen molar-refractivity contribution in [3.63, 3.8) is 0 Å². The van der Waals surface area contributed by atoms with E-state index in [1.807, 2.05) is 0 Å². The van der Waals surface area contributed by atoms with Gasteiger partial charge in [0.05, 0.1) is 8.41 Å². The minimum Gasteiger partial charge on any atom is -0.126 e. The van der Waals surface area contributed by atoms with Crippen molar-refractivity contribution in [1.29, 1.82) is 0 Å². The SMILES string of the molecule is B.CC(C)[Si](C#CP(C)C(C)(C)C)(C(C)C)C(C)C. The van der Waals surface area contributed by atoms with Gasteiger partial charge in [-0.05, 0) is 36.4 Å². The zero-order valence-corrected chi connectivity index (χ0v) is 16.1. The summed E-state index contributed by atoms with van der Waals surface area (Å²) in [5, 5.41) is 0.355. The lowest BCUT2D eigenvalue weighted by Gasteiger charge is -2.38. The highest BCUT2D eigenvalue weighted by Crippen LogP contribution is 2.46. The summed E-state index contributed by atoms with van der Waals surface area (Å²) in [6.07, 6.45) is 0. The molecule has 0 aliphatic heterocycles. The van der Waals surface area contributed by atoms with Gasteiger partial charge in [0.2, 0.25) is 0 Å². The lowest BCUT2D eigenvalue weighted by atomic mass is 10.3. The van der Waals surface area contributed by atoms with Gasteiger partial charge in [-0.15, -0.1) is 5.54 Å². The fourth-order valence-electron chi connectivity index (χ4n) is 2.78. The van der Waals surface area contributed by atoms with Crippen LogP contribution in [0.2, 0.25) is 16.6 Å². The van der Waals surface area contributed by atoms with Gasteiger partial charge in [-0.1, -0.05) is 68.0 Å². The van der Waals surface area contributed by atoms with Crippen molar-refractivity contribution in [2.24, 2.45) is 0 Å². The maximum absolute atomic E-state index is 3.86. The maximum Gasteiger partial charge on any atom is 0.146 e. The summed E-state index contributed by atoms with van der Waals surface area (Å²) in [4.78, 5) is 0. The minimum absolute atomic E-state index is 0. The predicted octanol–water partition coefficient (Wildman–Crippen LogP) is 4.89. The molecule has 0 amide bonds. The lowest BCUT2D eigenvalue weighted by molar-refractivity contribution is 0.791. The summed E-state index contributed by atoms with van der Waals surface area (Å²) in [6.45, 7) is 23.6. The number of rotatable bonds is 3. The molecule has 0 spiro atoms. The lowest BCUT2D eigenvalue weighted by Crippen LogP contribution is -2.43. The average molecular weight is 298 g/mol. The molecule has 3 heteroatoms. The largest absolute Gasteiger partial charge is 0.146 e. The van der Waals surface area contributed by atoms with Gasteiger partial charge in [-0.25, -0.2) is 0 Å². The molecule has 0 radical (unpaired) electrons. The molecule has 112 valence electrons. The Morgan fingerprint density at radius 1 is 0.842 bits per heavy atom. The minimum atomic E-state index is -1.51. The first-order chi connectivity index (χ1) is 7.96. The van der Waals surface area contributed by atoms with Crippen LogP contribution in [0, 0.1) is 11.2 Å². The molecule has 0 fully saturated rings. The highest BCUT2D eigenvalue weighted by molar-refractivity contribution is 7.63. The van der Waals surface area contributed by atoms with Crippen molar-refractivity contribution in [2.75, 3.05) is 6.66 Å². The molecule has 0 rings (SSSR count). The normalized spacial score (nSPS) is 14.2. The van der Waals surface area contributed by atoms with E-state index in [9.17, 15) is 0 Å². The van der Waals surface area contributed by atoms with Crippen LogP contribution in [0.1, 0.15) is 62.3 Å². The van der Waals surface area contributed by atoms with E-state index in [4.69, 9.17) is 0 Å². The first-order valence-electron chi connectivity index (χ1n) is 7.22. The van der Waals surface area contributed by atoms with Crippen LogP contribution in [0.25, 0.3) is 0 Å². The second-order valence-corrected chi connectivity index (χ2v) is 15.6. The standard InChI is InChI=1S/C16H33PSi.BH3/c1-13(2)18(14(3)4,15(5)6)12-11-17(10)16(7,8)9;/h13-15H,1-10H3;1H3. The van der Waals surface area contributed by atoms with Crippen LogP contribution in [0.3, 0.4) is 0 Å². The van der Waals surface area contributed by atoms with Crippen LogP contribution in [0.15, 0.2) is 0 Å². The maximum atomic E-state index is 3.86. The van der Waals surface area contributed by atoms with Crippen molar-refractivity contribution in [2.45, 2.75) is 84.1 Å². The third kappa shape index (κ3) is 5.28. The summed E-state index contributed by atoms with van der Waals surface area (Å²) < 4.78 is 0. The molecule has 0 saturated heterocycles. The van der Waals surface area contributed by atoms with Gasteiger partial charge in [0.25, 0.3) is 0 Å². The fraction of sp³-hybridized carbons (Fsp3) is 0.875. The van der Waals surface area contributed by atoms with Crippen LogP contribution in [0.5, 0.6) is 0 Å². The summed E-state index contributed by atoms with van der Waals surface area (Å²) >= 11 is 0. The summed E-state index contributed by atoms with van der Waals surface area (Å²) in [7, 11) is -1.70. The second kappa shape index (κ2) is 7.90. The Hall–Kier alpha value is 0.272. The third-order valence-corrected chi connectivity index (χ3v) is 13.3. The van der Waals surface area contributed by atoms with E-state index < -0.39 is 8.07 Å². The predicted molar refractivity (Wildman–Crippen MR) is 101 cm³/mol. The Morgan fingerprint density at radius 3 is 1.37 bits per heavy atom. The Balaban J connectivity index is 0. The van der Waals surface area contributed by atoms with Crippen LogP contribution in [-0.2, 0) is 0 Å². The van der Waals surface area contributed by atoms with Gasteiger partial charge in [0.15, 0.2) is 0 Å². The van der Waals surface area contributed by atoms with Gasteiger partial charge in [0, 0.05) is 0 Å². The van der Waals surface area contributed by atoms with Gasteiger partial charge in [-0.2, -0.15) is 0 Å². The number of hydrogen-bond acceptors (Lipinski definition) is 0. The third-order valence-electron chi connectivity index (χ3n) is 4.31. The molecule has 0 aliphatic rings. The van der Waals surface area contributed by atoms with Gasteiger partial charge >= 0.3 is 0 Å². The molecule has 1 unspecified atom stereocenters. The molecule has 0 aromatic carbocycles. The molecule has 1 atom stereocenters. The van der Waals surface area contributed by atoms with E-state index in [1.54, 1.807) is 0 Å². The Labute approximate surface area is 126 Å². The van der Waals surface area contributed by atoms with E-state index >= 15 is 0 Å². The second-order valence-electron chi connectivity index (χ2n) is 7.36. The van der Waals surface area contributed by atoms with Crippen LogP contribution < -0.4 is 0 Å². The Bertz CT molecular complexity index is 296. The summed E-state index contributed by atoms with van der Waals surface area (Å²) in [5.41, 5.74) is 9.77. The monoisotopic (exact) mass is 298 g/mol. The van der Waals surface area contributed by atoms with E-state index in [1.165, 1.54) is 0 Å². The van der Waals surface area contributed by atoms with E-state index in [2.05, 4.69) is 80.2 Å². The first kappa shape index (κ1) is 21.6. The number of hydrogen-bond donors (Lipinski definition) is 0. The van der Waals surface area contributed by atoms with Gasteiger partial charge < -0.3 is 0 Å². The summed E-state index contributed by atoms with van der Waals surface area (Å²) in [5.74, 6) is 0. The molecular weight excluding hydrogens is 262 g/mol. The first-order valence-corrected chi connectivity index (χ1v) is 11.2. The fourth-order valence-corrected chi connectivity index (χ4v) is 9.43. The smallest absolute Gasteiger partial charge is 0.126 e. The Morgan fingerprint density at radius 2 is 1.16 bits per heavy atom. The summed E-state index contributed by atoms with van der Waals surface area (Å²) in [6, 6.07) is 0. The van der Waals surface area contributed by atoms with Crippen LogP contribution in [-0.4, -0.2) is 28.3 Å². The van der Waals surface area contributed by atoms with E-state index in [0.717, 1.165) is 16.6 Å². The van der Waals surface area contributed by atoms with Crippen molar-refractivity contribution in [1.82, 2.24) is 0 Å². The van der Waals surface area contributed by atoms with E-state index in [-0.39, 0.29) is 16.3 Å². The van der Waals surface area contributed by atoms with Crippen molar-refractivity contribution >= 4 is 24.4 Å². The highest BCUT2D eigenvalue weighted by atomic mass is 31.1. The van der Waals surface area contributed by atoms with Crippen molar-refractivity contribution in [3.8, 4) is 11.2 Å². The van der Waals surface area contributed by atoms with Gasteiger partial charge in [-0.3, -0.25) is 0 Å². The molecule has 0 bridgehead atoms. The van der Waals surface area contributed by atoms with Crippen LogP contribution in [0.4, 0.5) is 0 Å². The molecule has 0 aromatic heterocycles. The molecule has 0 heterocycles. The zero-order chi connectivity index (χ0) is 14.7. The van der Waals surface area contributed by atoms with Crippen molar-refractivity contribution < 1.29 is 0 Å².